The third-order valence-corrected chi connectivity index (χ3v) is 2.54. The summed E-state index contributed by atoms with van der Waals surface area (Å²) in [5, 5.41) is 11.5. The standard InChI is InChI=1S/C12H22N4/c1-9(2)7-12(4,8-13)14-11-6-5-10(3)15-16-11/h5-6,9H,7-8,13H2,1-4H3,(H,14,16). The van der Waals surface area contributed by atoms with Crippen LogP contribution >= 0.6 is 0 Å². The Bertz CT molecular complexity index is 320. The molecule has 0 bridgehead atoms. The van der Waals surface area contributed by atoms with E-state index in [0.29, 0.717) is 12.5 Å². The second-order valence-corrected chi connectivity index (χ2v) is 5.05. The molecule has 1 rings (SSSR count). The highest BCUT2D eigenvalue weighted by molar-refractivity contribution is 5.36. The molecule has 0 aromatic carbocycles. The Balaban J connectivity index is 2.72. The molecule has 4 heteroatoms. The van der Waals surface area contributed by atoms with E-state index in [1.54, 1.807) is 0 Å². The maximum absolute atomic E-state index is 5.82. The Hall–Kier alpha value is -1.16. The largest absolute Gasteiger partial charge is 0.362 e. The van der Waals surface area contributed by atoms with Gasteiger partial charge in [0.25, 0.3) is 0 Å². The van der Waals surface area contributed by atoms with Crippen molar-refractivity contribution in [2.24, 2.45) is 11.7 Å². The van der Waals surface area contributed by atoms with Gasteiger partial charge in [-0.3, -0.25) is 0 Å². The van der Waals surface area contributed by atoms with Crippen LogP contribution in [0.3, 0.4) is 0 Å². The Kier molecular flexibility index (Phi) is 4.24. The van der Waals surface area contributed by atoms with Gasteiger partial charge in [-0.1, -0.05) is 13.8 Å². The van der Waals surface area contributed by atoms with E-state index in [2.05, 4.69) is 36.3 Å². The van der Waals surface area contributed by atoms with Gasteiger partial charge in [0.1, 0.15) is 5.82 Å². The zero-order valence-corrected chi connectivity index (χ0v) is 10.6. The number of aromatic nitrogens is 2. The van der Waals surface area contributed by atoms with Gasteiger partial charge in [-0.25, -0.2) is 0 Å². The minimum Gasteiger partial charge on any atom is -0.362 e. The smallest absolute Gasteiger partial charge is 0.149 e. The molecule has 4 nitrogen and oxygen atoms in total. The zero-order valence-electron chi connectivity index (χ0n) is 10.6. The highest BCUT2D eigenvalue weighted by atomic mass is 15.2. The Morgan fingerprint density at radius 1 is 1.38 bits per heavy atom. The van der Waals surface area contributed by atoms with Gasteiger partial charge in [-0.2, -0.15) is 5.10 Å². The average Bonchev–Trinajstić information content (AvgIpc) is 2.20. The van der Waals surface area contributed by atoms with Gasteiger partial charge in [0.2, 0.25) is 0 Å². The molecule has 1 unspecified atom stereocenters. The van der Waals surface area contributed by atoms with Crippen LogP contribution < -0.4 is 11.1 Å². The number of aryl methyl sites for hydroxylation is 1. The molecule has 0 aliphatic rings. The van der Waals surface area contributed by atoms with Crippen molar-refractivity contribution in [2.75, 3.05) is 11.9 Å². The second kappa shape index (κ2) is 5.25. The second-order valence-electron chi connectivity index (χ2n) is 5.05. The molecule has 3 N–H and O–H groups in total. The Morgan fingerprint density at radius 2 is 2.06 bits per heavy atom. The maximum Gasteiger partial charge on any atom is 0.149 e. The lowest BCUT2D eigenvalue weighted by molar-refractivity contribution is 0.405. The topological polar surface area (TPSA) is 63.8 Å². The van der Waals surface area contributed by atoms with Crippen LogP contribution in [0.15, 0.2) is 12.1 Å². The summed E-state index contributed by atoms with van der Waals surface area (Å²) in [4.78, 5) is 0. The van der Waals surface area contributed by atoms with Crippen molar-refractivity contribution in [2.45, 2.75) is 39.7 Å². The summed E-state index contributed by atoms with van der Waals surface area (Å²) in [5.41, 5.74) is 6.63. The lowest BCUT2D eigenvalue weighted by Crippen LogP contribution is -2.43. The van der Waals surface area contributed by atoms with Crippen LogP contribution in [-0.2, 0) is 0 Å². The molecule has 0 saturated heterocycles. The van der Waals surface area contributed by atoms with Gasteiger partial charge in [0, 0.05) is 12.1 Å². The molecule has 0 radical (unpaired) electrons. The summed E-state index contributed by atoms with van der Waals surface area (Å²) in [6.07, 6.45) is 1.01. The molecule has 16 heavy (non-hydrogen) atoms. The summed E-state index contributed by atoms with van der Waals surface area (Å²) in [6.45, 7) is 9.01. The third kappa shape index (κ3) is 3.77. The lowest BCUT2D eigenvalue weighted by atomic mass is 9.91. The molecule has 1 aromatic heterocycles. The predicted molar refractivity (Wildman–Crippen MR) is 67.3 cm³/mol. The van der Waals surface area contributed by atoms with Gasteiger partial charge >= 0.3 is 0 Å². The van der Waals surface area contributed by atoms with E-state index in [0.717, 1.165) is 17.9 Å². The van der Waals surface area contributed by atoms with Crippen LogP contribution in [0.1, 0.15) is 32.9 Å². The number of anilines is 1. The van der Waals surface area contributed by atoms with E-state index in [4.69, 9.17) is 5.73 Å². The fraction of sp³-hybridized carbons (Fsp3) is 0.667. The minimum absolute atomic E-state index is 0.113. The zero-order chi connectivity index (χ0) is 12.2. The van der Waals surface area contributed by atoms with Crippen molar-refractivity contribution < 1.29 is 0 Å². The normalized spacial score (nSPS) is 14.9. The molecule has 1 aromatic rings. The highest BCUT2D eigenvalue weighted by Gasteiger charge is 2.23. The van der Waals surface area contributed by atoms with Crippen molar-refractivity contribution >= 4 is 5.82 Å². The summed E-state index contributed by atoms with van der Waals surface area (Å²) in [7, 11) is 0. The molecule has 0 fully saturated rings. The monoisotopic (exact) mass is 222 g/mol. The van der Waals surface area contributed by atoms with Crippen LogP contribution in [0, 0.1) is 12.8 Å². The van der Waals surface area contributed by atoms with Crippen LogP contribution in [0.2, 0.25) is 0 Å². The van der Waals surface area contributed by atoms with Gasteiger partial charge < -0.3 is 11.1 Å². The fourth-order valence-corrected chi connectivity index (χ4v) is 1.86. The van der Waals surface area contributed by atoms with Crippen LogP contribution in [0.5, 0.6) is 0 Å². The molecular formula is C12H22N4. The fourth-order valence-electron chi connectivity index (χ4n) is 1.86. The number of nitrogens with zero attached hydrogens (tertiary/aromatic N) is 2. The van der Waals surface area contributed by atoms with E-state index in [1.165, 1.54) is 0 Å². The molecule has 0 saturated carbocycles. The summed E-state index contributed by atoms with van der Waals surface area (Å²) >= 11 is 0. The first kappa shape index (κ1) is 12.9. The van der Waals surface area contributed by atoms with Gasteiger partial charge in [-0.15, -0.1) is 5.10 Å². The van der Waals surface area contributed by atoms with Gasteiger partial charge in [-0.05, 0) is 38.3 Å². The van der Waals surface area contributed by atoms with Crippen molar-refractivity contribution in [1.82, 2.24) is 10.2 Å². The van der Waals surface area contributed by atoms with E-state index in [9.17, 15) is 0 Å². The van der Waals surface area contributed by atoms with Crippen molar-refractivity contribution in [1.29, 1.82) is 0 Å². The third-order valence-electron chi connectivity index (χ3n) is 2.54. The van der Waals surface area contributed by atoms with Crippen molar-refractivity contribution in [3.8, 4) is 0 Å². The maximum atomic E-state index is 5.82. The molecular weight excluding hydrogens is 200 g/mol. The summed E-state index contributed by atoms with van der Waals surface area (Å²) in [5.74, 6) is 1.39. The van der Waals surface area contributed by atoms with E-state index < -0.39 is 0 Å². The molecule has 0 spiro atoms. The van der Waals surface area contributed by atoms with E-state index >= 15 is 0 Å². The number of rotatable bonds is 5. The molecule has 90 valence electrons. The Morgan fingerprint density at radius 3 is 2.50 bits per heavy atom. The first-order chi connectivity index (χ1) is 7.45. The minimum atomic E-state index is -0.113. The highest BCUT2D eigenvalue weighted by Crippen LogP contribution is 2.20. The van der Waals surface area contributed by atoms with Crippen LogP contribution in [-0.4, -0.2) is 22.3 Å². The van der Waals surface area contributed by atoms with Crippen molar-refractivity contribution in [3.05, 3.63) is 17.8 Å². The first-order valence-electron chi connectivity index (χ1n) is 5.74. The van der Waals surface area contributed by atoms with Crippen LogP contribution in [0.25, 0.3) is 0 Å². The molecule has 0 amide bonds. The van der Waals surface area contributed by atoms with Gasteiger partial charge in [0.05, 0.1) is 5.69 Å². The van der Waals surface area contributed by atoms with Crippen molar-refractivity contribution in [3.63, 3.8) is 0 Å². The molecule has 0 aliphatic carbocycles. The average molecular weight is 222 g/mol. The predicted octanol–water partition coefficient (Wildman–Crippen LogP) is 1.96. The lowest BCUT2D eigenvalue weighted by Gasteiger charge is -2.31. The molecule has 0 aliphatic heterocycles. The van der Waals surface area contributed by atoms with Crippen LogP contribution in [0.4, 0.5) is 5.82 Å². The van der Waals surface area contributed by atoms with E-state index in [1.807, 2.05) is 19.1 Å². The number of hydrogen-bond acceptors (Lipinski definition) is 4. The molecule has 1 heterocycles. The summed E-state index contributed by atoms with van der Waals surface area (Å²) < 4.78 is 0. The number of nitrogens with one attached hydrogen (secondary N) is 1. The molecule has 1 atom stereocenters. The Labute approximate surface area is 97.6 Å². The SMILES string of the molecule is Cc1ccc(NC(C)(CN)CC(C)C)nn1. The summed E-state index contributed by atoms with van der Waals surface area (Å²) in [6, 6.07) is 3.89. The first-order valence-corrected chi connectivity index (χ1v) is 5.74. The van der Waals surface area contributed by atoms with E-state index in [-0.39, 0.29) is 5.54 Å². The van der Waals surface area contributed by atoms with Gasteiger partial charge in [0.15, 0.2) is 0 Å². The number of hydrogen-bond donors (Lipinski definition) is 2. The number of nitrogens with two attached hydrogens (primary N) is 1. The quantitative estimate of drug-likeness (QED) is 0.799.